The average Bonchev–Trinajstić information content (AvgIpc) is 2.54. The van der Waals surface area contributed by atoms with Crippen molar-refractivity contribution in [2.75, 3.05) is 0 Å². The summed E-state index contributed by atoms with van der Waals surface area (Å²) in [4.78, 5) is 20.7. The SMILES string of the molecule is Cc1cc2c(C)nc(COC(=O)c3ccccc3)cc2cn1. The summed E-state index contributed by atoms with van der Waals surface area (Å²) in [7, 11) is 0. The highest BCUT2D eigenvalue weighted by molar-refractivity contribution is 5.89. The molecule has 2 heterocycles. The van der Waals surface area contributed by atoms with E-state index in [1.165, 1.54) is 0 Å². The molecule has 3 rings (SSSR count). The van der Waals surface area contributed by atoms with Gasteiger partial charge >= 0.3 is 5.97 Å². The lowest BCUT2D eigenvalue weighted by Crippen LogP contribution is -2.06. The van der Waals surface area contributed by atoms with Gasteiger partial charge < -0.3 is 4.74 Å². The number of benzene rings is 1. The van der Waals surface area contributed by atoms with Crippen molar-refractivity contribution in [1.82, 2.24) is 9.97 Å². The summed E-state index contributed by atoms with van der Waals surface area (Å²) >= 11 is 0. The molecular weight excluding hydrogens is 276 g/mol. The topological polar surface area (TPSA) is 52.1 Å². The molecule has 3 aromatic rings. The standard InChI is InChI=1S/C18H16N2O2/c1-12-8-17-13(2)20-16(9-15(17)10-19-12)11-22-18(21)14-6-4-3-5-7-14/h3-10H,11H2,1-2H3. The number of carbonyl (C=O) groups excluding carboxylic acids is 1. The predicted octanol–water partition coefficient (Wildman–Crippen LogP) is 3.60. The van der Waals surface area contributed by atoms with E-state index in [-0.39, 0.29) is 12.6 Å². The molecule has 0 spiro atoms. The number of pyridine rings is 2. The Morgan fingerprint density at radius 1 is 1.14 bits per heavy atom. The Kier molecular flexibility index (Phi) is 3.83. The van der Waals surface area contributed by atoms with Crippen LogP contribution in [0.5, 0.6) is 0 Å². The summed E-state index contributed by atoms with van der Waals surface area (Å²) in [5, 5.41) is 2.08. The molecule has 0 N–H and O–H groups in total. The van der Waals surface area contributed by atoms with Crippen molar-refractivity contribution in [2.24, 2.45) is 0 Å². The van der Waals surface area contributed by atoms with Crippen LogP contribution in [0.1, 0.15) is 27.4 Å². The molecule has 0 saturated heterocycles. The Balaban J connectivity index is 1.80. The summed E-state index contributed by atoms with van der Waals surface area (Å²) in [5.74, 6) is -0.345. The van der Waals surface area contributed by atoms with Crippen LogP contribution in [0.2, 0.25) is 0 Å². The largest absolute Gasteiger partial charge is 0.456 e. The molecule has 110 valence electrons. The Bertz CT molecular complexity index is 829. The average molecular weight is 292 g/mol. The van der Waals surface area contributed by atoms with Crippen LogP contribution in [0.4, 0.5) is 0 Å². The zero-order valence-corrected chi connectivity index (χ0v) is 12.5. The zero-order chi connectivity index (χ0) is 15.5. The number of ether oxygens (including phenoxy) is 1. The lowest BCUT2D eigenvalue weighted by Gasteiger charge is -2.08. The van der Waals surface area contributed by atoms with Crippen molar-refractivity contribution in [3.05, 3.63) is 71.3 Å². The van der Waals surface area contributed by atoms with Gasteiger partial charge in [-0.3, -0.25) is 9.97 Å². The number of aryl methyl sites for hydroxylation is 2. The number of aromatic nitrogens is 2. The van der Waals surface area contributed by atoms with Crippen LogP contribution in [0.15, 0.2) is 48.7 Å². The number of hydrogen-bond donors (Lipinski definition) is 0. The van der Waals surface area contributed by atoms with E-state index < -0.39 is 0 Å². The fourth-order valence-electron chi connectivity index (χ4n) is 2.36. The molecular formula is C18H16N2O2. The molecule has 0 saturated carbocycles. The monoisotopic (exact) mass is 292 g/mol. The van der Waals surface area contributed by atoms with E-state index in [0.717, 1.165) is 27.9 Å². The number of carbonyl (C=O) groups is 1. The van der Waals surface area contributed by atoms with Gasteiger partial charge in [0.25, 0.3) is 0 Å². The van der Waals surface area contributed by atoms with E-state index in [0.29, 0.717) is 5.56 Å². The Morgan fingerprint density at radius 3 is 2.68 bits per heavy atom. The van der Waals surface area contributed by atoms with Crippen LogP contribution < -0.4 is 0 Å². The maximum atomic E-state index is 11.9. The van der Waals surface area contributed by atoms with Gasteiger partial charge in [-0.2, -0.15) is 0 Å². The maximum absolute atomic E-state index is 11.9. The Morgan fingerprint density at radius 2 is 1.91 bits per heavy atom. The lowest BCUT2D eigenvalue weighted by atomic mass is 10.1. The van der Waals surface area contributed by atoms with Crippen LogP contribution >= 0.6 is 0 Å². The van der Waals surface area contributed by atoms with Crippen molar-refractivity contribution in [1.29, 1.82) is 0 Å². The molecule has 0 radical (unpaired) electrons. The van der Waals surface area contributed by atoms with Gasteiger partial charge in [0, 0.05) is 28.4 Å². The van der Waals surface area contributed by atoms with Crippen molar-refractivity contribution >= 4 is 16.7 Å². The molecule has 0 atom stereocenters. The number of hydrogen-bond acceptors (Lipinski definition) is 4. The van der Waals surface area contributed by atoms with Crippen LogP contribution in [0, 0.1) is 13.8 Å². The van der Waals surface area contributed by atoms with Crippen molar-refractivity contribution < 1.29 is 9.53 Å². The van der Waals surface area contributed by atoms with E-state index in [1.54, 1.807) is 12.1 Å². The fraction of sp³-hybridized carbons (Fsp3) is 0.167. The molecule has 4 heteroatoms. The van der Waals surface area contributed by atoms with Crippen molar-refractivity contribution in [2.45, 2.75) is 20.5 Å². The van der Waals surface area contributed by atoms with E-state index in [9.17, 15) is 4.79 Å². The van der Waals surface area contributed by atoms with Gasteiger partial charge in [-0.25, -0.2) is 4.79 Å². The fourth-order valence-corrected chi connectivity index (χ4v) is 2.36. The minimum absolute atomic E-state index is 0.151. The third-order valence-electron chi connectivity index (χ3n) is 3.46. The lowest BCUT2D eigenvalue weighted by molar-refractivity contribution is 0.0468. The summed E-state index contributed by atoms with van der Waals surface area (Å²) in [5.41, 5.74) is 3.13. The Labute approximate surface area is 128 Å². The molecule has 0 aliphatic rings. The molecule has 0 unspecified atom stereocenters. The van der Waals surface area contributed by atoms with Gasteiger partial charge in [0.1, 0.15) is 6.61 Å². The Hall–Kier alpha value is -2.75. The first-order chi connectivity index (χ1) is 10.6. The smallest absolute Gasteiger partial charge is 0.338 e. The second kappa shape index (κ2) is 5.93. The highest BCUT2D eigenvalue weighted by Gasteiger charge is 2.09. The zero-order valence-electron chi connectivity index (χ0n) is 12.5. The van der Waals surface area contributed by atoms with Crippen LogP contribution in [-0.2, 0) is 11.3 Å². The first kappa shape index (κ1) is 14.2. The minimum atomic E-state index is -0.345. The first-order valence-electron chi connectivity index (χ1n) is 7.08. The van der Waals surface area contributed by atoms with E-state index in [2.05, 4.69) is 9.97 Å². The molecule has 1 aromatic carbocycles. The van der Waals surface area contributed by atoms with E-state index >= 15 is 0 Å². The minimum Gasteiger partial charge on any atom is -0.456 e. The van der Waals surface area contributed by atoms with Gasteiger partial charge in [-0.1, -0.05) is 18.2 Å². The quantitative estimate of drug-likeness (QED) is 0.692. The van der Waals surface area contributed by atoms with Crippen LogP contribution in [0.25, 0.3) is 10.8 Å². The van der Waals surface area contributed by atoms with E-state index in [4.69, 9.17) is 4.74 Å². The summed E-state index contributed by atoms with van der Waals surface area (Å²) in [6.07, 6.45) is 1.82. The third kappa shape index (κ3) is 2.96. The van der Waals surface area contributed by atoms with Gasteiger partial charge in [0.2, 0.25) is 0 Å². The number of fused-ring (bicyclic) bond motifs is 1. The summed E-state index contributed by atoms with van der Waals surface area (Å²) < 4.78 is 5.32. The molecule has 4 nitrogen and oxygen atoms in total. The van der Waals surface area contributed by atoms with Crippen molar-refractivity contribution in [3.63, 3.8) is 0 Å². The molecule has 0 bridgehead atoms. The molecule has 0 aliphatic carbocycles. The summed E-state index contributed by atoms with van der Waals surface area (Å²) in [6.45, 7) is 4.05. The number of esters is 1. The predicted molar refractivity (Wildman–Crippen MR) is 84.6 cm³/mol. The van der Waals surface area contributed by atoms with Crippen LogP contribution in [0.3, 0.4) is 0 Å². The second-order valence-corrected chi connectivity index (χ2v) is 5.19. The van der Waals surface area contributed by atoms with E-state index in [1.807, 2.05) is 50.4 Å². The molecule has 0 aliphatic heterocycles. The highest BCUT2D eigenvalue weighted by Crippen LogP contribution is 2.19. The van der Waals surface area contributed by atoms with Crippen molar-refractivity contribution in [3.8, 4) is 0 Å². The second-order valence-electron chi connectivity index (χ2n) is 5.19. The maximum Gasteiger partial charge on any atom is 0.338 e. The van der Waals surface area contributed by atoms with Gasteiger partial charge in [0.15, 0.2) is 0 Å². The molecule has 22 heavy (non-hydrogen) atoms. The molecule has 0 amide bonds. The normalized spacial score (nSPS) is 10.6. The molecule has 0 fully saturated rings. The van der Waals surface area contributed by atoms with Gasteiger partial charge in [-0.15, -0.1) is 0 Å². The third-order valence-corrected chi connectivity index (χ3v) is 3.46. The van der Waals surface area contributed by atoms with Crippen LogP contribution in [-0.4, -0.2) is 15.9 Å². The number of rotatable bonds is 3. The molecule has 2 aromatic heterocycles. The van der Waals surface area contributed by atoms with Gasteiger partial charge in [-0.05, 0) is 38.1 Å². The summed E-state index contributed by atoms with van der Waals surface area (Å²) in [6, 6.07) is 12.9. The first-order valence-corrected chi connectivity index (χ1v) is 7.08. The number of nitrogens with zero attached hydrogens (tertiary/aromatic N) is 2. The highest BCUT2D eigenvalue weighted by atomic mass is 16.5. The van der Waals surface area contributed by atoms with Gasteiger partial charge in [0.05, 0.1) is 11.3 Å².